The van der Waals surface area contributed by atoms with Crippen LogP contribution in [0.1, 0.15) is 19.8 Å². The molecule has 7 N–H and O–H groups in total. The largest absolute Gasteiger partial charge is 0.480 e. The highest BCUT2D eigenvalue weighted by atomic mass is 16.4. The molecular formula is C9H17N3O4. The second-order valence-corrected chi connectivity index (χ2v) is 3.09. The lowest BCUT2D eigenvalue weighted by molar-refractivity contribution is -0.138. The van der Waals surface area contributed by atoms with Crippen LogP contribution >= 0.6 is 0 Å². The van der Waals surface area contributed by atoms with E-state index in [1.165, 1.54) is 0 Å². The van der Waals surface area contributed by atoms with Crippen LogP contribution in [0.4, 0.5) is 0 Å². The van der Waals surface area contributed by atoms with Gasteiger partial charge in [0.25, 0.3) is 0 Å². The van der Waals surface area contributed by atoms with Crippen LogP contribution in [0.25, 0.3) is 0 Å². The first-order valence-corrected chi connectivity index (χ1v) is 4.40. The molecule has 0 aliphatic heterocycles. The van der Waals surface area contributed by atoms with E-state index < -0.39 is 23.8 Å². The van der Waals surface area contributed by atoms with Crippen LogP contribution in [0.5, 0.6) is 0 Å². The van der Waals surface area contributed by atoms with Crippen molar-refractivity contribution >= 4 is 17.8 Å². The summed E-state index contributed by atoms with van der Waals surface area (Å²) in [6.45, 7) is 4.85. The van der Waals surface area contributed by atoms with Gasteiger partial charge in [0.1, 0.15) is 6.04 Å². The second kappa shape index (κ2) is 8.42. The van der Waals surface area contributed by atoms with Crippen LogP contribution < -0.4 is 17.2 Å². The lowest BCUT2D eigenvalue weighted by Crippen LogP contribution is -2.31. The summed E-state index contributed by atoms with van der Waals surface area (Å²) >= 11 is 0. The van der Waals surface area contributed by atoms with Crippen molar-refractivity contribution in [1.82, 2.24) is 0 Å². The SMILES string of the molecule is C=C(C)C(N)=O.NC(=O)CC[C@H](N)C(=O)O. The Bertz CT molecular complexity index is 276. The maximum Gasteiger partial charge on any atom is 0.320 e. The van der Waals surface area contributed by atoms with Gasteiger partial charge in [-0.3, -0.25) is 14.4 Å². The number of amides is 2. The van der Waals surface area contributed by atoms with Crippen molar-refractivity contribution in [2.75, 3.05) is 0 Å². The predicted octanol–water partition coefficient (Wildman–Crippen LogP) is -1.29. The van der Waals surface area contributed by atoms with E-state index in [0.717, 1.165) is 0 Å². The zero-order valence-corrected chi connectivity index (χ0v) is 9.10. The van der Waals surface area contributed by atoms with Gasteiger partial charge in [-0.05, 0) is 13.3 Å². The highest BCUT2D eigenvalue weighted by molar-refractivity contribution is 5.90. The van der Waals surface area contributed by atoms with E-state index in [2.05, 4.69) is 6.58 Å². The van der Waals surface area contributed by atoms with Gasteiger partial charge in [0.2, 0.25) is 11.8 Å². The molecule has 0 heterocycles. The fourth-order valence-corrected chi connectivity index (χ4v) is 0.421. The highest BCUT2D eigenvalue weighted by Gasteiger charge is 2.11. The van der Waals surface area contributed by atoms with Crippen molar-refractivity contribution in [3.8, 4) is 0 Å². The Morgan fingerprint density at radius 3 is 1.88 bits per heavy atom. The van der Waals surface area contributed by atoms with Gasteiger partial charge >= 0.3 is 5.97 Å². The van der Waals surface area contributed by atoms with Crippen LogP contribution in [0, 0.1) is 0 Å². The van der Waals surface area contributed by atoms with E-state index in [-0.39, 0.29) is 12.8 Å². The Morgan fingerprint density at radius 1 is 1.31 bits per heavy atom. The van der Waals surface area contributed by atoms with Gasteiger partial charge < -0.3 is 22.3 Å². The monoisotopic (exact) mass is 231 g/mol. The first-order valence-electron chi connectivity index (χ1n) is 4.40. The average Bonchev–Trinajstić information content (AvgIpc) is 2.14. The molecule has 0 aliphatic rings. The number of hydrogen-bond donors (Lipinski definition) is 4. The molecule has 7 heteroatoms. The van der Waals surface area contributed by atoms with Gasteiger partial charge in [-0.1, -0.05) is 6.58 Å². The molecule has 0 fully saturated rings. The van der Waals surface area contributed by atoms with E-state index in [4.69, 9.17) is 22.3 Å². The molecule has 0 spiro atoms. The molecule has 2 amide bonds. The highest BCUT2D eigenvalue weighted by Crippen LogP contribution is 1.92. The topological polar surface area (TPSA) is 150 Å². The van der Waals surface area contributed by atoms with Crippen molar-refractivity contribution in [2.24, 2.45) is 17.2 Å². The van der Waals surface area contributed by atoms with Crippen molar-refractivity contribution in [2.45, 2.75) is 25.8 Å². The van der Waals surface area contributed by atoms with Gasteiger partial charge in [-0.2, -0.15) is 0 Å². The zero-order valence-electron chi connectivity index (χ0n) is 9.10. The number of hydrogen-bond acceptors (Lipinski definition) is 4. The summed E-state index contributed by atoms with van der Waals surface area (Å²) in [4.78, 5) is 30.0. The van der Waals surface area contributed by atoms with Crippen molar-refractivity contribution < 1.29 is 19.5 Å². The Hall–Kier alpha value is -1.89. The van der Waals surface area contributed by atoms with Crippen molar-refractivity contribution in [3.05, 3.63) is 12.2 Å². The molecule has 0 aromatic carbocycles. The molecule has 0 aromatic rings. The molecule has 1 atom stereocenters. The van der Waals surface area contributed by atoms with E-state index in [1.54, 1.807) is 6.92 Å². The third-order valence-electron chi connectivity index (χ3n) is 1.44. The van der Waals surface area contributed by atoms with Crippen LogP contribution in [0.3, 0.4) is 0 Å². The summed E-state index contributed by atoms with van der Waals surface area (Å²) in [6.07, 6.45) is 0.123. The molecule has 0 saturated heterocycles. The van der Waals surface area contributed by atoms with Gasteiger partial charge in [0.05, 0.1) is 0 Å². The van der Waals surface area contributed by atoms with Gasteiger partial charge in [-0.25, -0.2) is 0 Å². The molecule has 0 aromatic heterocycles. The number of nitrogens with two attached hydrogens (primary N) is 3. The molecule has 0 saturated carbocycles. The number of primary amides is 2. The number of rotatable bonds is 5. The molecule has 16 heavy (non-hydrogen) atoms. The summed E-state index contributed by atoms with van der Waals surface area (Å²) in [5.41, 5.74) is 14.9. The van der Waals surface area contributed by atoms with Crippen molar-refractivity contribution in [1.29, 1.82) is 0 Å². The fraction of sp³-hybridized carbons (Fsp3) is 0.444. The molecule has 0 unspecified atom stereocenters. The molecular weight excluding hydrogens is 214 g/mol. The molecule has 0 bridgehead atoms. The van der Waals surface area contributed by atoms with Gasteiger partial charge in [-0.15, -0.1) is 0 Å². The molecule has 7 nitrogen and oxygen atoms in total. The summed E-state index contributed by atoms with van der Waals surface area (Å²) < 4.78 is 0. The maximum absolute atomic E-state index is 10.1. The number of carboxylic acid groups (broad SMARTS) is 1. The third-order valence-corrected chi connectivity index (χ3v) is 1.44. The van der Waals surface area contributed by atoms with Gasteiger partial charge in [0, 0.05) is 12.0 Å². The first kappa shape index (κ1) is 16.5. The Morgan fingerprint density at radius 2 is 1.69 bits per heavy atom. The van der Waals surface area contributed by atoms with E-state index in [1.807, 2.05) is 0 Å². The molecule has 0 aliphatic carbocycles. The van der Waals surface area contributed by atoms with Crippen LogP contribution in [-0.4, -0.2) is 28.9 Å². The third kappa shape index (κ3) is 12.1. The average molecular weight is 231 g/mol. The van der Waals surface area contributed by atoms with Crippen LogP contribution in [0.15, 0.2) is 12.2 Å². The van der Waals surface area contributed by atoms with Crippen LogP contribution in [-0.2, 0) is 14.4 Å². The number of carbonyl (C=O) groups is 3. The smallest absolute Gasteiger partial charge is 0.320 e. The molecule has 0 rings (SSSR count). The zero-order chi connectivity index (χ0) is 13.3. The Labute approximate surface area is 93.3 Å². The second-order valence-electron chi connectivity index (χ2n) is 3.09. The summed E-state index contributed by atoms with van der Waals surface area (Å²) in [6, 6.07) is -0.979. The predicted molar refractivity (Wildman–Crippen MR) is 58.0 cm³/mol. The van der Waals surface area contributed by atoms with E-state index in [9.17, 15) is 14.4 Å². The lowest BCUT2D eigenvalue weighted by Gasteiger charge is -2.01. The summed E-state index contributed by atoms with van der Waals surface area (Å²) in [5.74, 6) is -2.08. The standard InChI is InChI=1S/C5H10N2O3.C4H7NO/c6-3(5(9)10)1-2-4(7)8;1-3(2)4(5)6/h3H,1-2,6H2,(H2,7,8)(H,9,10);1H2,2H3,(H2,5,6)/t3-;/m0./s1. The summed E-state index contributed by atoms with van der Waals surface area (Å²) in [7, 11) is 0. The van der Waals surface area contributed by atoms with E-state index in [0.29, 0.717) is 5.57 Å². The number of aliphatic carboxylic acids is 1. The normalized spacial score (nSPS) is 10.6. The first-order chi connectivity index (χ1) is 7.18. The fourth-order valence-electron chi connectivity index (χ4n) is 0.421. The summed E-state index contributed by atoms with van der Waals surface area (Å²) in [5, 5.41) is 8.22. The Kier molecular flexibility index (Phi) is 8.70. The number of carbonyl (C=O) groups excluding carboxylic acids is 2. The minimum Gasteiger partial charge on any atom is -0.480 e. The number of carboxylic acids is 1. The van der Waals surface area contributed by atoms with Crippen molar-refractivity contribution in [3.63, 3.8) is 0 Å². The minimum atomic E-state index is -1.11. The Balaban J connectivity index is 0. The lowest BCUT2D eigenvalue weighted by atomic mass is 10.2. The van der Waals surface area contributed by atoms with E-state index >= 15 is 0 Å². The maximum atomic E-state index is 10.1. The minimum absolute atomic E-state index is 0.0213. The van der Waals surface area contributed by atoms with Gasteiger partial charge in [0.15, 0.2) is 0 Å². The quantitative estimate of drug-likeness (QED) is 0.434. The molecule has 0 radical (unpaired) electrons. The molecule has 92 valence electrons. The van der Waals surface area contributed by atoms with Crippen LogP contribution in [0.2, 0.25) is 0 Å².